The van der Waals surface area contributed by atoms with Crippen LogP contribution in [0.4, 0.5) is 21.6 Å². The number of H-pyrrole nitrogens is 1. The zero-order chi connectivity index (χ0) is 23.4. The molecule has 0 saturated heterocycles. The van der Waals surface area contributed by atoms with Crippen LogP contribution in [0.1, 0.15) is 51.5 Å². The fourth-order valence-corrected chi connectivity index (χ4v) is 5.14. The van der Waals surface area contributed by atoms with E-state index >= 15 is 4.39 Å². The van der Waals surface area contributed by atoms with E-state index in [2.05, 4.69) is 26.8 Å². The van der Waals surface area contributed by atoms with Crippen molar-refractivity contribution >= 4 is 34.0 Å². The van der Waals surface area contributed by atoms with Crippen LogP contribution in [0.2, 0.25) is 0 Å². The van der Waals surface area contributed by atoms with Crippen molar-refractivity contribution in [1.82, 2.24) is 14.8 Å². The molecule has 3 aromatic rings. The van der Waals surface area contributed by atoms with Gasteiger partial charge in [-0.2, -0.15) is 10.4 Å². The number of pyridine rings is 1. The Morgan fingerprint density at radius 1 is 1.30 bits per heavy atom. The van der Waals surface area contributed by atoms with Gasteiger partial charge < -0.3 is 15.6 Å². The summed E-state index contributed by atoms with van der Waals surface area (Å²) in [6, 6.07) is 9.33. The molecule has 170 valence electrons. The first-order valence-electron chi connectivity index (χ1n) is 11.1. The second-order valence-corrected chi connectivity index (χ2v) is 9.44. The summed E-state index contributed by atoms with van der Waals surface area (Å²) in [5, 5.41) is 20.5. The molecule has 1 aliphatic carbocycles. The number of hydrogen-bond donors (Lipinski definition) is 3. The van der Waals surface area contributed by atoms with E-state index in [4.69, 9.17) is 0 Å². The molecule has 2 atom stereocenters. The van der Waals surface area contributed by atoms with Gasteiger partial charge >= 0.3 is 0 Å². The molecule has 8 nitrogen and oxygen atoms in total. The quantitative estimate of drug-likeness (QED) is 0.553. The molecule has 5 rings (SSSR count). The lowest BCUT2D eigenvalue weighted by molar-refractivity contribution is -0.119. The molecular weight excluding hydrogens is 423 g/mol. The molecule has 1 aromatic carbocycles. The Hall–Kier alpha value is -3.67. The van der Waals surface area contributed by atoms with E-state index in [-0.39, 0.29) is 23.7 Å². The second kappa shape index (κ2) is 7.44. The Labute approximate surface area is 189 Å². The monoisotopic (exact) mass is 448 g/mol. The lowest BCUT2D eigenvalue weighted by atomic mass is 9.78. The molecule has 9 heteroatoms. The number of nitrogens with one attached hydrogen (secondary N) is 3. The number of amides is 1. The van der Waals surface area contributed by atoms with Crippen molar-refractivity contribution in [1.29, 1.82) is 5.26 Å². The van der Waals surface area contributed by atoms with Crippen LogP contribution >= 0.6 is 0 Å². The second-order valence-electron chi connectivity index (χ2n) is 9.44. The van der Waals surface area contributed by atoms with E-state index in [9.17, 15) is 14.9 Å². The van der Waals surface area contributed by atoms with Crippen LogP contribution in [-0.2, 0) is 15.7 Å². The molecule has 0 bridgehead atoms. The van der Waals surface area contributed by atoms with Crippen molar-refractivity contribution in [3.63, 3.8) is 0 Å². The van der Waals surface area contributed by atoms with Gasteiger partial charge in [0.15, 0.2) is 5.82 Å². The number of halogens is 1. The highest BCUT2D eigenvalue weighted by Gasteiger charge is 2.45. The SMILES string of the molecule is CC1(C)C(=O)Nc2cc(Nc3nn(C4(CC#N)CCCCC4F)c4cc[nH]c(=O)c34)ccc21. The summed E-state index contributed by atoms with van der Waals surface area (Å²) in [5.74, 6) is 0.205. The van der Waals surface area contributed by atoms with Gasteiger partial charge in [-0.25, -0.2) is 4.39 Å². The van der Waals surface area contributed by atoms with Crippen LogP contribution in [0.15, 0.2) is 35.3 Å². The Kier molecular flexibility index (Phi) is 4.78. The topological polar surface area (TPSA) is 116 Å². The van der Waals surface area contributed by atoms with E-state index in [1.54, 1.807) is 16.8 Å². The van der Waals surface area contributed by atoms with Crippen LogP contribution in [0, 0.1) is 11.3 Å². The number of alkyl halides is 1. The zero-order valence-electron chi connectivity index (χ0n) is 18.5. The van der Waals surface area contributed by atoms with Gasteiger partial charge in [-0.3, -0.25) is 14.3 Å². The molecule has 0 spiro atoms. The van der Waals surface area contributed by atoms with Crippen LogP contribution in [0.3, 0.4) is 0 Å². The summed E-state index contributed by atoms with van der Waals surface area (Å²) in [4.78, 5) is 27.7. The van der Waals surface area contributed by atoms with Crippen LogP contribution in [0.25, 0.3) is 10.9 Å². The van der Waals surface area contributed by atoms with Crippen LogP contribution in [-0.4, -0.2) is 26.8 Å². The normalized spacial score (nSPS) is 23.7. The average molecular weight is 449 g/mol. The molecule has 2 unspecified atom stereocenters. The summed E-state index contributed by atoms with van der Waals surface area (Å²) in [6.07, 6.45) is 2.62. The number of carbonyl (C=O) groups excluding carboxylic acids is 1. The highest BCUT2D eigenvalue weighted by atomic mass is 19.1. The Morgan fingerprint density at radius 3 is 2.88 bits per heavy atom. The van der Waals surface area contributed by atoms with Crippen molar-refractivity contribution in [2.24, 2.45) is 0 Å². The van der Waals surface area contributed by atoms with Crippen molar-refractivity contribution < 1.29 is 9.18 Å². The van der Waals surface area contributed by atoms with Gasteiger partial charge in [0.2, 0.25) is 5.91 Å². The fourth-order valence-electron chi connectivity index (χ4n) is 5.14. The molecule has 2 aliphatic rings. The van der Waals surface area contributed by atoms with E-state index < -0.39 is 17.1 Å². The van der Waals surface area contributed by atoms with Gasteiger partial charge in [0.1, 0.15) is 17.1 Å². The molecule has 3 N–H and O–H groups in total. The van der Waals surface area contributed by atoms with E-state index in [0.717, 1.165) is 18.4 Å². The van der Waals surface area contributed by atoms with E-state index in [0.29, 0.717) is 35.1 Å². The molecule has 3 heterocycles. The molecule has 0 radical (unpaired) electrons. The predicted octanol–water partition coefficient (Wildman–Crippen LogP) is 4.22. The lowest BCUT2D eigenvalue weighted by Gasteiger charge is -2.39. The number of benzene rings is 1. The predicted molar refractivity (Wildman–Crippen MR) is 123 cm³/mol. The molecule has 1 saturated carbocycles. The summed E-state index contributed by atoms with van der Waals surface area (Å²) >= 11 is 0. The summed E-state index contributed by atoms with van der Waals surface area (Å²) in [5.41, 5.74) is 0.615. The number of nitrogens with zero attached hydrogens (tertiary/aromatic N) is 3. The number of aromatic amines is 1. The third-order valence-corrected chi connectivity index (χ3v) is 7.08. The lowest BCUT2D eigenvalue weighted by Crippen LogP contribution is -2.45. The highest BCUT2D eigenvalue weighted by molar-refractivity contribution is 6.06. The number of nitriles is 1. The average Bonchev–Trinajstić information content (AvgIpc) is 3.25. The van der Waals surface area contributed by atoms with Gasteiger partial charge in [0.05, 0.1) is 23.4 Å². The largest absolute Gasteiger partial charge is 0.338 e. The van der Waals surface area contributed by atoms with E-state index in [1.165, 1.54) is 6.20 Å². The third-order valence-electron chi connectivity index (χ3n) is 7.08. The number of hydrogen-bond acceptors (Lipinski definition) is 5. The standard InChI is InChI=1S/C24H25FN6O2/c1-23(2)15-7-6-14(13-16(15)29-22(23)33)28-20-19-17(8-12-27-21(19)32)31(30-20)24(10-11-26)9-4-3-5-18(24)25/h6-8,12-13,18H,3-5,9-10H2,1-2H3,(H,27,32)(H,28,30)(H,29,33). The van der Waals surface area contributed by atoms with Gasteiger partial charge in [-0.05, 0) is 50.5 Å². The van der Waals surface area contributed by atoms with Crippen molar-refractivity contribution in [2.75, 3.05) is 10.6 Å². The number of fused-ring (bicyclic) bond motifs is 2. The minimum absolute atomic E-state index is 0.0306. The van der Waals surface area contributed by atoms with Crippen LogP contribution < -0.4 is 16.2 Å². The van der Waals surface area contributed by atoms with Crippen molar-refractivity contribution in [2.45, 2.75) is 63.1 Å². The first kappa shape index (κ1) is 21.2. The first-order valence-corrected chi connectivity index (χ1v) is 11.1. The van der Waals surface area contributed by atoms with Crippen molar-refractivity contribution in [3.05, 3.63) is 46.4 Å². The Balaban J connectivity index is 1.63. The van der Waals surface area contributed by atoms with E-state index in [1.807, 2.05) is 26.0 Å². The summed E-state index contributed by atoms with van der Waals surface area (Å²) < 4.78 is 16.9. The number of aromatic nitrogens is 3. The molecule has 1 fully saturated rings. The minimum Gasteiger partial charge on any atom is -0.338 e. The highest BCUT2D eigenvalue weighted by Crippen LogP contribution is 2.43. The van der Waals surface area contributed by atoms with Gasteiger partial charge in [-0.15, -0.1) is 0 Å². The van der Waals surface area contributed by atoms with Crippen molar-refractivity contribution in [3.8, 4) is 6.07 Å². The minimum atomic E-state index is -1.24. The third kappa shape index (κ3) is 3.12. The maximum Gasteiger partial charge on any atom is 0.261 e. The number of rotatable bonds is 4. The summed E-state index contributed by atoms with van der Waals surface area (Å²) in [7, 11) is 0. The smallest absolute Gasteiger partial charge is 0.261 e. The fraction of sp³-hybridized carbons (Fsp3) is 0.417. The number of carbonyl (C=O) groups is 1. The molecule has 1 amide bonds. The van der Waals surface area contributed by atoms with Gasteiger partial charge in [0, 0.05) is 17.6 Å². The zero-order valence-corrected chi connectivity index (χ0v) is 18.5. The number of anilines is 3. The maximum atomic E-state index is 15.3. The maximum absolute atomic E-state index is 15.3. The Morgan fingerprint density at radius 2 is 2.12 bits per heavy atom. The van der Waals surface area contributed by atoms with Crippen LogP contribution in [0.5, 0.6) is 0 Å². The molecular formula is C24H25FN6O2. The summed E-state index contributed by atoms with van der Waals surface area (Å²) in [6.45, 7) is 3.73. The first-order chi connectivity index (χ1) is 15.8. The Bertz CT molecular complexity index is 1370. The molecule has 33 heavy (non-hydrogen) atoms. The molecule has 2 aromatic heterocycles. The van der Waals surface area contributed by atoms with Gasteiger partial charge in [0.25, 0.3) is 5.56 Å². The van der Waals surface area contributed by atoms with Gasteiger partial charge in [-0.1, -0.05) is 18.9 Å². The molecule has 1 aliphatic heterocycles.